The fourth-order valence-electron chi connectivity index (χ4n) is 5.30. The third-order valence-corrected chi connectivity index (χ3v) is 7.57. The minimum Gasteiger partial charge on any atom is -0.433 e. The number of pyridine rings is 1. The molecule has 0 saturated heterocycles. The first kappa shape index (κ1) is 28.2. The number of hydrogen-bond donors (Lipinski definition) is 2. The molecule has 1 amide bonds. The van der Waals surface area contributed by atoms with E-state index < -0.39 is 12.5 Å². The predicted molar refractivity (Wildman–Crippen MR) is 156 cm³/mol. The number of anilines is 6. The van der Waals surface area contributed by atoms with Gasteiger partial charge in [-0.05, 0) is 57.3 Å². The summed E-state index contributed by atoms with van der Waals surface area (Å²) in [7, 11) is 5.68. The normalized spacial score (nSPS) is 15.0. The fourth-order valence-corrected chi connectivity index (χ4v) is 5.30. The number of ether oxygens (including phenoxy) is 1. The Balaban J connectivity index is 1.49. The van der Waals surface area contributed by atoms with Gasteiger partial charge >= 0.3 is 6.61 Å². The summed E-state index contributed by atoms with van der Waals surface area (Å²) >= 11 is 0. The minimum atomic E-state index is -3.07. The number of nitrogens with zero attached hydrogens (tertiary/aromatic N) is 6. The van der Waals surface area contributed by atoms with Crippen LogP contribution in [0.4, 0.5) is 43.3 Å². The maximum atomic E-state index is 13.5. The maximum Gasteiger partial charge on any atom is 0.387 e. The average molecular weight is 565 g/mol. The van der Waals surface area contributed by atoms with Crippen LogP contribution in [0, 0.1) is 0 Å². The second-order valence-corrected chi connectivity index (χ2v) is 10.6. The summed E-state index contributed by atoms with van der Waals surface area (Å²) in [6.45, 7) is 2.49. The largest absolute Gasteiger partial charge is 0.433 e. The number of aromatic nitrogens is 3. The Morgan fingerprint density at radius 3 is 2.66 bits per heavy atom. The number of halogens is 2. The zero-order valence-electron chi connectivity index (χ0n) is 23.4. The molecule has 3 aromatic rings. The van der Waals surface area contributed by atoms with E-state index in [1.54, 1.807) is 6.20 Å². The molecule has 41 heavy (non-hydrogen) atoms. The van der Waals surface area contributed by atoms with Crippen molar-refractivity contribution in [2.75, 3.05) is 61.2 Å². The van der Waals surface area contributed by atoms with Crippen molar-refractivity contribution in [2.24, 2.45) is 0 Å². The quantitative estimate of drug-likeness (QED) is 0.315. The number of alkyl halides is 2. The highest BCUT2D eigenvalue weighted by Gasteiger charge is 2.48. The second kappa shape index (κ2) is 11.7. The smallest absolute Gasteiger partial charge is 0.387 e. The molecule has 0 bridgehead atoms. The van der Waals surface area contributed by atoms with Crippen LogP contribution in [-0.4, -0.2) is 73.1 Å². The van der Waals surface area contributed by atoms with Gasteiger partial charge in [0.15, 0.2) is 5.75 Å². The van der Waals surface area contributed by atoms with Gasteiger partial charge in [-0.25, -0.2) is 4.98 Å². The third-order valence-electron chi connectivity index (χ3n) is 7.57. The Kier molecular flexibility index (Phi) is 8.02. The molecule has 1 spiro atoms. The SMILES string of the molecule is C=CC(=O)Nc1cc(Nc2nccc(N3CC4(CCC4)c4ncccc43)n2)c(OC(F)F)cc1N(C)CCN(C)C. The van der Waals surface area contributed by atoms with Crippen molar-refractivity contribution >= 4 is 40.4 Å². The van der Waals surface area contributed by atoms with Crippen LogP contribution in [0.3, 0.4) is 0 Å². The van der Waals surface area contributed by atoms with Gasteiger partial charge in [-0.1, -0.05) is 13.0 Å². The van der Waals surface area contributed by atoms with E-state index in [0.29, 0.717) is 30.3 Å². The first-order valence-corrected chi connectivity index (χ1v) is 13.4. The van der Waals surface area contributed by atoms with Crippen molar-refractivity contribution in [3.63, 3.8) is 0 Å². The zero-order valence-corrected chi connectivity index (χ0v) is 23.4. The maximum absolute atomic E-state index is 13.5. The molecule has 1 aliphatic carbocycles. The van der Waals surface area contributed by atoms with Gasteiger partial charge in [-0.3, -0.25) is 9.78 Å². The number of likely N-dealkylation sites (N-methyl/N-ethyl adjacent to an activating group) is 2. The van der Waals surface area contributed by atoms with E-state index in [4.69, 9.17) is 9.72 Å². The van der Waals surface area contributed by atoms with Gasteiger partial charge < -0.3 is 30.1 Å². The predicted octanol–water partition coefficient (Wildman–Crippen LogP) is 4.91. The standard InChI is InChI=1S/C29H34F2N8O2/c1-5-25(40)34-19-16-20(23(41-27(30)31)17-22(19)38(4)15-14-37(2)3)35-28-33-13-9-24(36-28)39-18-29(10-7-11-29)26-21(39)8-6-12-32-26/h5-6,8-9,12-13,16-17,27H,1,7,10-11,14-15,18H2,2-4H3,(H,34,40)(H,33,35,36). The van der Waals surface area contributed by atoms with Crippen LogP contribution in [0.2, 0.25) is 0 Å². The fraction of sp³-hybridized carbons (Fsp3) is 0.379. The summed E-state index contributed by atoms with van der Waals surface area (Å²) in [5.41, 5.74) is 3.19. The van der Waals surface area contributed by atoms with Gasteiger partial charge in [0.05, 0.1) is 28.4 Å². The summed E-state index contributed by atoms with van der Waals surface area (Å²) in [5, 5.41) is 5.81. The van der Waals surface area contributed by atoms with Gasteiger partial charge in [-0.15, -0.1) is 0 Å². The van der Waals surface area contributed by atoms with Crippen molar-refractivity contribution < 1.29 is 18.3 Å². The molecule has 1 aliphatic heterocycles. The molecular weight excluding hydrogens is 530 g/mol. The van der Waals surface area contributed by atoms with E-state index in [-0.39, 0.29) is 22.8 Å². The average Bonchev–Trinajstić information content (AvgIpc) is 3.29. The lowest BCUT2D eigenvalue weighted by molar-refractivity contribution is -0.111. The molecule has 1 aromatic carbocycles. The van der Waals surface area contributed by atoms with Crippen molar-refractivity contribution in [1.82, 2.24) is 19.9 Å². The van der Waals surface area contributed by atoms with Crippen LogP contribution in [-0.2, 0) is 10.2 Å². The monoisotopic (exact) mass is 564 g/mol. The van der Waals surface area contributed by atoms with Gasteiger partial charge in [0.25, 0.3) is 0 Å². The molecule has 216 valence electrons. The van der Waals surface area contributed by atoms with Crippen LogP contribution in [0.1, 0.15) is 25.0 Å². The summed E-state index contributed by atoms with van der Waals surface area (Å²) < 4.78 is 31.9. The molecule has 0 unspecified atom stereocenters. The molecule has 0 radical (unpaired) electrons. The number of benzene rings is 1. The topological polar surface area (TPSA) is 98.8 Å². The van der Waals surface area contributed by atoms with Gasteiger partial charge in [0.1, 0.15) is 5.82 Å². The lowest BCUT2D eigenvalue weighted by Crippen LogP contribution is -2.38. The molecular formula is C29H34F2N8O2. The van der Waals surface area contributed by atoms with Crippen LogP contribution < -0.4 is 25.2 Å². The molecule has 10 nitrogen and oxygen atoms in total. The van der Waals surface area contributed by atoms with Crippen molar-refractivity contribution in [1.29, 1.82) is 0 Å². The summed E-state index contributed by atoms with van der Waals surface area (Å²) in [5.74, 6) is 0.306. The summed E-state index contributed by atoms with van der Waals surface area (Å²) in [6, 6.07) is 8.77. The van der Waals surface area contributed by atoms with E-state index >= 15 is 0 Å². The Morgan fingerprint density at radius 1 is 1.17 bits per heavy atom. The van der Waals surface area contributed by atoms with Crippen LogP contribution in [0.5, 0.6) is 5.75 Å². The van der Waals surface area contributed by atoms with E-state index in [2.05, 4.69) is 32.1 Å². The highest BCUT2D eigenvalue weighted by atomic mass is 19.3. The van der Waals surface area contributed by atoms with Gasteiger partial charge in [0, 0.05) is 50.6 Å². The van der Waals surface area contributed by atoms with E-state index in [1.807, 2.05) is 55.3 Å². The molecule has 2 aliphatic rings. The molecule has 3 heterocycles. The number of amides is 1. The number of hydrogen-bond acceptors (Lipinski definition) is 9. The van der Waals surface area contributed by atoms with E-state index in [1.165, 1.54) is 18.6 Å². The van der Waals surface area contributed by atoms with Gasteiger partial charge in [-0.2, -0.15) is 13.8 Å². The Hall–Kier alpha value is -4.32. The Bertz CT molecular complexity index is 1430. The van der Waals surface area contributed by atoms with Crippen LogP contribution >= 0.6 is 0 Å². The van der Waals surface area contributed by atoms with Crippen molar-refractivity contribution in [3.8, 4) is 5.75 Å². The van der Waals surface area contributed by atoms with E-state index in [0.717, 1.165) is 36.8 Å². The zero-order chi connectivity index (χ0) is 29.1. The minimum absolute atomic E-state index is 0.0279. The number of rotatable bonds is 11. The number of fused-ring (bicyclic) bond motifs is 2. The lowest BCUT2D eigenvalue weighted by atomic mass is 9.67. The van der Waals surface area contributed by atoms with Crippen molar-refractivity contribution in [2.45, 2.75) is 31.3 Å². The Morgan fingerprint density at radius 2 is 1.98 bits per heavy atom. The molecule has 0 atom stereocenters. The molecule has 1 fully saturated rings. The molecule has 2 aromatic heterocycles. The number of carbonyl (C=O) groups excluding carboxylic acids is 1. The molecule has 5 rings (SSSR count). The van der Waals surface area contributed by atoms with Gasteiger partial charge in [0.2, 0.25) is 11.9 Å². The highest BCUT2D eigenvalue weighted by molar-refractivity contribution is 6.02. The number of nitrogens with one attached hydrogen (secondary N) is 2. The van der Waals surface area contributed by atoms with Crippen molar-refractivity contribution in [3.05, 3.63) is 61.1 Å². The first-order chi connectivity index (χ1) is 19.7. The molecule has 1 saturated carbocycles. The van der Waals surface area contributed by atoms with E-state index in [9.17, 15) is 13.6 Å². The highest BCUT2D eigenvalue weighted by Crippen LogP contribution is 2.53. The lowest BCUT2D eigenvalue weighted by Gasteiger charge is -2.38. The van der Waals surface area contributed by atoms with Crippen LogP contribution in [0.25, 0.3) is 0 Å². The summed E-state index contributed by atoms with van der Waals surface area (Å²) in [4.78, 5) is 32.0. The summed E-state index contributed by atoms with van der Waals surface area (Å²) in [6.07, 6.45) is 7.90. The number of carbonyl (C=O) groups is 1. The molecule has 12 heteroatoms. The van der Waals surface area contributed by atoms with Crippen LogP contribution in [0.15, 0.2) is 55.4 Å². The Labute approximate surface area is 238 Å². The second-order valence-electron chi connectivity index (χ2n) is 10.6. The third kappa shape index (κ3) is 5.92. The molecule has 2 N–H and O–H groups in total. The first-order valence-electron chi connectivity index (χ1n) is 13.4.